The summed E-state index contributed by atoms with van der Waals surface area (Å²) in [5, 5.41) is 9.64. The molecule has 0 aliphatic carbocycles. The van der Waals surface area contributed by atoms with Crippen molar-refractivity contribution in [2.45, 2.75) is 25.8 Å². The van der Waals surface area contributed by atoms with Crippen LogP contribution >= 0.6 is 11.3 Å². The molecule has 1 fully saturated rings. The van der Waals surface area contributed by atoms with E-state index >= 15 is 0 Å². The van der Waals surface area contributed by atoms with Crippen molar-refractivity contribution in [2.24, 2.45) is 0 Å². The molecule has 0 bridgehead atoms. The van der Waals surface area contributed by atoms with Gasteiger partial charge in [0.1, 0.15) is 10.7 Å². The number of carbonyl (C=O) groups is 1. The first kappa shape index (κ1) is 11.4. The smallest absolute Gasteiger partial charge is 0.272 e. The summed E-state index contributed by atoms with van der Waals surface area (Å²) in [5.74, 6) is 0.0165. The molecule has 5 nitrogen and oxygen atoms in total. The SMILES string of the molecule is Cc1csc(C2CCCN2C(=O)c2ccn[nH]2)n1. The Balaban J connectivity index is 1.85. The van der Waals surface area contributed by atoms with Gasteiger partial charge < -0.3 is 4.90 Å². The number of rotatable bonds is 2. The van der Waals surface area contributed by atoms with Gasteiger partial charge in [-0.15, -0.1) is 11.3 Å². The minimum absolute atomic E-state index is 0.0165. The highest BCUT2D eigenvalue weighted by Gasteiger charge is 2.32. The van der Waals surface area contributed by atoms with Gasteiger partial charge in [0, 0.05) is 23.8 Å². The average Bonchev–Trinajstić information content (AvgIpc) is 3.09. The number of thiazole rings is 1. The predicted octanol–water partition coefficient (Wildman–Crippen LogP) is 2.15. The Hall–Kier alpha value is -1.69. The Morgan fingerprint density at radius 3 is 3.17 bits per heavy atom. The van der Waals surface area contributed by atoms with Crippen molar-refractivity contribution in [1.82, 2.24) is 20.1 Å². The van der Waals surface area contributed by atoms with Crippen molar-refractivity contribution in [1.29, 1.82) is 0 Å². The van der Waals surface area contributed by atoms with Crippen molar-refractivity contribution >= 4 is 17.2 Å². The van der Waals surface area contributed by atoms with E-state index in [-0.39, 0.29) is 11.9 Å². The Kier molecular flexibility index (Phi) is 2.87. The maximum absolute atomic E-state index is 12.3. The highest BCUT2D eigenvalue weighted by molar-refractivity contribution is 7.09. The average molecular weight is 262 g/mol. The van der Waals surface area contributed by atoms with E-state index < -0.39 is 0 Å². The van der Waals surface area contributed by atoms with Crippen molar-refractivity contribution in [3.05, 3.63) is 34.0 Å². The second-order valence-corrected chi connectivity index (χ2v) is 5.34. The van der Waals surface area contributed by atoms with Crippen LogP contribution in [0.3, 0.4) is 0 Å². The number of nitrogens with zero attached hydrogens (tertiary/aromatic N) is 3. The highest BCUT2D eigenvalue weighted by atomic mass is 32.1. The molecule has 2 aromatic rings. The molecule has 18 heavy (non-hydrogen) atoms. The standard InChI is InChI=1S/C12H14N4OS/c1-8-7-18-11(14-8)10-3-2-6-16(10)12(17)9-4-5-13-15-9/h4-5,7,10H,2-3,6H2,1H3,(H,13,15). The number of aryl methyl sites for hydroxylation is 1. The van der Waals surface area contributed by atoms with E-state index in [9.17, 15) is 4.79 Å². The van der Waals surface area contributed by atoms with Crippen molar-refractivity contribution < 1.29 is 4.79 Å². The number of likely N-dealkylation sites (tertiary alicyclic amines) is 1. The molecule has 6 heteroatoms. The van der Waals surface area contributed by atoms with Gasteiger partial charge in [0.2, 0.25) is 0 Å². The maximum atomic E-state index is 12.3. The second kappa shape index (κ2) is 4.53. The fourth-order valence-corrected chi connectivity index (χ4v) is 3.26. The molecule has 3 heterocycles. The minimum atomic E-state index is 0.0165. The largest absolute Gasteiger partial charge is 0.328 e. The first-order chi connectivity index (χ1) is 8.75. The maximum Gasteiger partial charge on any atom is 0.272 e. The van der Waals surface area contributed by atoms with E-state index in [2.05, 4.69) is 15.2 Å². The van der Waals surface area contributed by atoms with Gasteiger partial charge in [0.25, 0.3) is 5.91 Å². The van der Waals surface area contributed by atoms with Crippen LogP contribution in [0.2, 0.25) is 0 Å². The molecule has 2 aromatic heterocycles. The lowest BCUT2D eigenvalue weighted by Gasteiger charge is -2.22. The summed E-state index contributed by atoms with van der Waals surface area (Å²) in [5.41, 5.74) is 1.58. The topological polar surface area (TPSA) is 61.9 Å². The van der Waals surface area contributed by atoms with Crippen molar-refractivity contribution in [3.63, 3.8) is 0 Å². The van der Waals surface area contributed by atoms with Gasteiger partial charge in [-0.25, -0.2) is 4.98 Å². The molecule has 1 aliphatic rings. The third kappa shape index (κ3) is 1.92. The molecule has 94 valence electrons. The normalized spacial score (nSPS) is 19.4. The summed E-state index contributed by atoms with van der Waals surface area (Å²) >= 11 is 1.63. The number of aromatic nitrogens is 3. The van der Waals surface area contributed by atoms with E-state index in [0.29, 0.717) is 5.69 Å². The number of aromatic amines is 1. The van der Waals surface area contributed by atoms with E-state index in [1.807, 2.05) is 17.2 Å². The zero-order valence-corrected chi connectivity index (χ0v) is 10.9. The number of nitrogens with one attached hydrogen (secondary N) is 1. The van der Waals surface area contributed by atoms with Gasteiger partial charge in [-0.05, 0) is 25.8 Å². The van der Waals surface area contributed by atoms with Crippen LogP contribution < -0.4 is 0 Å². The van der Waals surface area contributed by atoms with Crippen LogP contribution in [-0.4, -0.2) is 32.5 Å². The van der Waals surface area contributed by atoms with Crippen LogP contribution in [0.4, 0.5) is 0 Å². The molecule has 1 atom stereocenters. The van der Waals surface area contributed by atoms with Gasteiger partial charge in [-0.2, -0.15) is 5.10 Å². The second-order valence-electron chi connectivity index (χ2n) is 4.45. The summed E-state index contributed by atoms with van der Waals surface area (Å²) in [6.45, 7) is 2.77. The Morgan fingerprint density at radius 1 is 1.61 bits per heavy atom. The zero-order valence-electron chi connectivity index (χ0n) is 10.1. The molecule has 3 rings (SSSR count). The van der Waals surface area contributed by atoms with Gasteiger partial charge in [0.15, 0.2) is 0 Å². The summed E-state index contributed by atoms with van der Waals surface area (Å²) in [6, 6.07) is 1.84. The molecule has 1 N–H and O–H groups in total. The predicted molar refractivity (Wildman–Crippen MR) is 68.5 cm³/mol. The van der Waals surface area contributed by atoms with Crippen LogP contribution in [-0.2, 0) is 0 Å². The number of amides is 1. The monoisotopic (exact) mass is 262 g/mol. The summed E-state index contributed by atoms with van der Waals surface area (Å²) in [7, 11) is 0. The lowest BCUT2D eigenvalue weighted by Crippen LogP contribution is -2.30. The Morgan fingerprint density at radius 2 is 2.50 bits per heavy atom. The molecule has 1 unspecified atom stereocenters. The molecule has 1 amide bonds. The van der Waals surface area contributed by atoms with E-state index in [1.165, 1.54) is 0 Å². The van der Waals surface area contributed by atoms with Gasteiger partial charge in [-0.1, -0.05) is 0 Å². The van der Waals surface area contributed by atoms with Crippen molar-refractivity contribution in [3.8, 4) is 0 Å². The first-order valence-electron chi connectivity index (χ1n) is 5.98. The first-order valence-corrected chi connectivity index (χ1v) is 6.86. The third-order valence-corrected chi connectivity index (χ3v) is 4.23. The summed E-state index contributed by atoms with van der Waals surface area (Å²) in [6.07, 6.45) is 3.63. The Labute approximate surface area is 109 Å². The molecule has 1 aliphatic heterocycles. The molecular formula is C12H14N4OS. The highest BCUT2D eigenvalue weighted by Crippen LogP contribution is 2.34. The third-order valence-electron chi connectivity index (χ3n) is 3.17. The molecule has 0 aromatic carbocycles. The lowest BCUT2D eigenvalue weighted by molar-refractivity contribution is 0.0729. The number of hydrogen-bond donors (Lipinski definition) is 1. The van der Waals surface area contributed by atoms with E-state index in [4.69, 9.17) is 0 Å². The lowest BCUT2D eigenvalue weighted by atomic mass is 10.2. The van der Waals surface area contributed by atoms with Crippen LogP contribution in [0.1, 0.15) is 40.1 Å². The summed E-state index contributed by atoms with van der Waals surface area (Å²) in [4.78, 5) is 18.7. The fourth-order valence-electron chi connectivity index (χ4n) is 2.32. The minimum Gasteiger partial charge on any atom is -0.328 e. The molecule has 0 saturated carbocycles. The number of hydrogen-bond acceptors (Lipinski definition) is 4. The molecule has 0 spiro atoms. The quantitative estimate of drug-likeness (QED) is 0.902. The molecule has 0 radical (unpaired) electrons. The summed E-state index contributed by atoms with van der Waals surface area (Å²) < 4.78 is 0. The Bertz CT molecular complexity index is 548. The van der Waals surface area contributed by atoms with Gasteiger partial charge in [0.05, 0.1) is 6.04 Å². The van der Waals surface area contributed by atoms with E-state index in [1.54, 1.807) is 23.6 Å². The fraction of sp³-hybridized carbons (Fsp3) is 0.417. The molecule has 1 saturated heterocycles. The number of carbonyl (C=O) groups excluding carboxylic acids is 1. The van der Waals surface area contributed by atoms with E-state index in [0.717, 1.165) is 30.1 Å². The number of H-pyrrole nitrogens is 1. The van der Waals surface area contributed by atoms with Crippen molar-refractivity contribution in [2.75, 3.05) is 6.54 Å². The van der Waals surface area contributed by atoms with Gasteiger partial charge >= 0.3 is 0 Å². The van der Waals surface area contributed by atoms with Crippen LogP contribution in [0, 0.1) is 6.92 Å². The zero-order chi connectivity index (χ0) is 12.5. The van der Waals surface area contributed by atoms with Crippen LogP contribution in [0.25, 0.3) is 0 Å². The van der Waals surface area contributed by atoms with Gasteiger partial charge in [-0.3, -0.25) is 9.89 Å². The van der Waals surface area contributed by atoms with Crippen LogP contribution in [0.15, 0.2) is 17.6 Å². The molecular weight excluding hydrogens is 248 g/mol. The van der Waals surface area contributed by atoms with Crippen LogP contribution in [0.5, 0.6) is 0 Å².